The first-order valence-corrected chi connectivity index (χ1v) is 9.08. The van der Waals surface area contributed by atoms with Gasteiger partial charge in [0, 0.05) is 24.5 Å². The number of anilines is 5. The number of aromatic nitrogens is 3. The van der Waals surface area contributed by atoms with E-state index in [0.717, 1.165) is 50.3 Å². The van der Waals surface area contributed by atoms with Gasteiger partial charge in [-0.3, -0.25) is 0 Å². The molecule has 2 aromatic rings. The Morgan fingerprint density at radius 1 is 0.885 bits per heavy atom. The van der Waals surface area contributed by atoms with Crippen LogP contribution in [0.4, 0.5) is 29.2 Å². The number of nitrogens with one attached hydrogen (secondary N) is 3. The molecule has 5 N–H and O–H groups in total. The smallest absolute Gasteiger partial charge is 0.233 e. The van der Waals surface area contributed by atoms with Crippen molar-refractivity contribution in [2.24, 2.45) is 0 Å². The van der Waals surface area contributed by atoms with Gasteiger partial charge in [-0.1, -0.05) is 13.3 Å². The van der Waals surface area contributed by atoms with Gasteiger partial charge in [0.25, 0.3) is 0 Å². The molecule has 0 bridgehead atoms. The Labute approximate surface area is 155 Å². The molecule has 0 radical (unpaired) electrons. The van der Waals surface area contributed by atoms with E-state index < -0.39 is 0 Å². The number of hydrogen-bond donors (Lipinski definition) is 4. The standard InChI is InChI=1S/C18H30N8/c1-4-5-11-20-16-23-17(21-12-6-13-26(2)3)25-18(24-16)22-15-9-7-14(19)8-10-15/h7-10H,4-6,11-13,19H2,1-3H3,(H3,20,21,22,23,24,25). The van der Waals surface area contributed by atoms with Crippen LogP contribution in [0.5, 0.6) is 0 Å². The van der Waals surface area contributed by atoms with E-state index in [1.807, 2.05) is 24.3 Å². The minimum absolute atomic E-state index is 0.499. The third-order valence-electron chi connectivity index (χ3n) is 3.68. The fraction of sp³-hybridized carbons (Fsp3) is 0.500. The zero-order chi connectivity index (χ0) is 18.8. The zero-order valence-corrected chi connectivity index (χ0v) is 15.9. The summed E-state index contributed by atoms with van der Waals surface area (Å²) in [6, 6.07) is 7.47. The quantitative estimate of drug-likeness (QED) is 0.359. The average molecular weight is 358 g/mol. The molecule has 0 unspecified atom stereocenters. The summed E-state index contributed by atoms with van der Waals surface area (Å²) in [5, 5.41) is 9.74. The van der Waals surface area contributed by atoms with Crippen molar-refractivity contribution in [3.05, 3.63) is 24.3 Å². The molecule has 142 valence electrons. The van der Waals surface area contributed by atoms with Crippen LogP contribution in [0.2, 0.25) is 0 Å². The Kier molecular flexibility index (Phi) is 7.88. The molecular weight excluding hydrogens is 328 g/mol. The highest BCUT2D eigenvalue weighted by Gasteiger charge is 2.07. The van der Waals surface area contributed by atoms with Gasteiger partial charge in [-0.25, -0.2) is 0 Å². The lowest BCUT2D eigenvalue weighted by atomic mass is 10.3. The second-order valence-corrected chi connectivity index (χ2v) is 6.42. The van der Waals surface area contributed by atoms with Gasteiger partial charge in [0.2, 0.25) is 17.8 Å². The number of nitrogens with zero attached hydrogens (tertiary/aromatic N) is 4. The van der Waals surface area contributed by atoms with Gasteiger partial charge in [0.05, 0.1) is 0 Å². The summed E-state index contributed by atoms with van der Waals surface area (Å²) in [5.41, 5.74) is 7.33. The fourth-order valence-electron chi connectivity index (χ4n) is 2.26. The van der Waals surface area contributed by atoms with E-state index in [2.05, 4.69) is 56.8 Å². The van der Waals surface area contributed by atoms with Crippen molar-refractivity contribution in [3.63, 3.8) is 0 Å². The summed E-state index contributed by atoms with van der Waals surface area (Å²) in [6.45, 7) is 4.80. The Hall–Kier alpha value is -2.61. The van der Waals surface area contributed by atoms with E-state index in [0.29, 0.717) is 17.8 Å². The Bertz CT molecular complexity index is 657. The molecule has 0 atom stereocenters. The van der Waals surface area contributed by atoms with Crippen LogP contribution in [-0.4, -0.2) is 53.6 Å². The van der Waals surface area contributed by atoms with E-state index in [1.54, 1.807) is 0 Å². The summed E-state index contributed by atoms with van der Waals surface area (Å²) in [7, 11) is 4.13. The van der Waals surface area contributed by atoms with Crippen LogP contribution in [-0.2, 0) is 0 Å². The first-order chi connectivity index (χ1) is 12.6. The topological polar surface area (TPSA) is 104 Å². The Balaban J connectivity index is 2.07. The largest absolute Gasteiger partial charge is 0.399 e. The monoisotopic (exact) mass is 358 g/mol. The van der Waals surface area contributed by atoms with Crippen molar-refractivity contribution in [1.29, 1.82) is 0 Å². The molecule has 8 nitrogen and oxygen atoms in total. The van der Waals surface area contributed by atoms with Crippen molar-refractivity contribution in [2.75, 3.05) is 55.4 Å². The van der Waals surface area contributed by atoms with Gasteiger partial charge in [0.15, 0.2) is 0 Å². The molecule has 26 heavy (non-hydrogen) atoms. The minimum atomic E-state index is 0.499. The van der Waals surface area contributed by atoms with E-state index in [1.165, 1.54) is 0 Å². The van der Waals surface area contributed by atoms with E-state index >= 15 is 0 Å². The molecule has 0 aliphatic rings. The maximum atomic E-state index is 5.73. The maximum Gasteiger partial charge on any atom is 0.233 e. The lowest BCUT2D eigenvalue weighted by Crippen LogP contribution is -2.18. The fourth-order valence-corrected chi connectivity index (χ4v) is 2.26. The summed E-state index contributed by atoms with van der Waals surface area (Å²) in [4.78, 5) is 15.5. The van der Waals surface area contributed by atoms with Crippen molar-refractivity contribution < 1.29 is 0 Å². The molecule has 1 aromatic carbocycles. The molecule has 1 aromatic heterocycles. The van der Waals surface area contributed by atoms with Gasteiger partial charge in [-0.15, -0.1) is 0 Å². The molecule has 0 aliphatic heterocycles. The summed E-state index contributed by atoms with van der Waals surface area (Å²) in [5.74, 6) is 1.64. The van der Waals surface area contributed by atoms with Crippen LogP contribution >= 0.6 is 0 Å². The molecule has 0 amide bonds. The lowest BCUT2D eigenvalue weighted by Gasteiger charge is -2.12. The van der Waals surface area contributed by atoms with Crippen LogP contribution in [0.3, 0.4) is 0 Å². The van der Waals surface area contributed by atoms with Gasteiger partial charge < -0.3 is 26.6 Å². The van der Waals surface area contributed by atoms with Gasteiger partial charge in [-0.05, 0) is 57.7 Å². The summed E-state index contributed by atoms with van der Waals surface area (Å²) in [6.07, 6.45) is 3.19. The number of nitrogens with two attached hydrogens (primary N) is 1. The lowest BCUT2D eigenvalue weighted by molar-refractivity contribution is 0.405. The summed E-state index contributed by atoms with van der Waals surface area (Å²) >= 11 is 0. The first-order valence-electron chi connectivity index (χ1n) is 9.08. The van der Waals surface area contributed by atoms with Crippen LogP contribution in [0, 0.1) is 0 Å². The third kappa shape index (κ3) is 7.10. The van der Waals surface area contributed by atoms with E-state index in [9.17, 15) is 0 Å². The molecule has 0 aliphatic carbocycles. The highest BCUT2D eigenvalue weighted by molar-refractivity contribution is 5.58. The van der Waals surface area contributed by atoms with Crippen LogP contribution < -0.4 is 21.7 Å². The first kappa shape index (κ1) is 19.7. The number of nitrogen functional groups attached to an aromatic ring is 1. The van der Waals surface area contributed by atoms with Crippen molar-refractivity contribution >= 4 is 29.2 Å². The zero-order valence-electron chi connectivity index (χ0n) is 15.9. The molecular formula is C18H30N8. The highest BCUT2D eigenvalue weighted by atomic mass is 15.3. The van der Waals surface area contributed by atoms with Crippen molar-refractivity contribution in [3.8, 4) is 0 Å². The molecule has 2 rings (SSSR count). The Morgan fingerprint density at radius 3 is 2.04 bits per heavy atom. The van der Waals surface area contributed by atoms with Crippen molar-refractivity contribution in [1.82, 2.24) is 19.9 Å². The Morgan fingerprint density at radius 2 is 1.46 bits per heavy atom. The van der Waals surface area contributed by atoms with Crippen LogP contribution in [0.25, 0.3) is 0 Å². The number of rotatable bonds is 11. The minimum Gasteiger partial charge on any atom is -0.399 e. The second-order valence-electron chi connectivity index (χ2n) is 6.42. The normalized spacial score (nSPS) is 10.8. The number of hydrogen-bond acceptors (Lipinski definition) is 8. The number of unbranched alkanes of at least 4 members (excludes halogenated alkanes) is 1. The van der Waals surface area contributed by atoms with Gasteiger partial charge in [0.1, 0.15) is 0 Å². The van der Waals surface area contributed by atoms with Crippen molar-refractivity contribution in [2.45, 2.75) is 26.2 Å². The average Bonchev–Trinajstić information content (AvgIpc) is 2.61. The third-order valence-corrected chi connectivity index (χ3v) is 3.68. The molecule has 8 heteroatoms. The highest BCUT2D eigenvalue weighted by Crippen LogP contribution is 2.17. The van der Waals surface area contributed by atoms with Gasteiger partial charge in [-0.2, -0.15) is 15.0 Å². The molecule has 1 heterocycles. The molecule has 0 fully saturated rings. The SMILES string of the molecule is CCCCNc1nc(NCCCN(C)C)nc(Nc2ccc(N)cc2)n1. The molecule has 0 saturated heterocycles. The number of benzene rings is 1. The van der Waals surface area contributed by atoms with Crippen LogP contribution in [0.1, 0.15) is 26.2 Å². The molecule has 0 spiro atoms. The maximum absolute atomic E-state index is 5.73. The summed E-state index contributed by atoms with van der Waals surface area (Å²) < 4.78 is 0. The predicted molar refractivity (Wildman–Crippen MR) is 109 cm³/mol. The molecule has 0 saturated carbocycles. The predicted octanol–water partition coefficient (Wildman–Crippen LogP) is 2.77. The van der Waals surface area contributed by atoms with Crippen LogP contribution in [0.15, 0.2) is 24.3 Å². The second kappa shape index (κ2) is 10.4. The van der Waals surface area contributed by atoms with E-state index in [-0.39, 0.29) is 0 Å². The van der Waals surface area contributed by atoms with E-state index in [4.69, 9.17) is 5.73 Å². The van der Waals surface area contributed by atoms with Gasteiger partial charge >= 0.3 is 0 Å².